The summed E-state index contributed by atoms with van der Waals surface area (Å²) >= 11 is 0. The van der Waals surface area contributed by atoms with E-state index in [0.29, 0.717) is 52.4 Å². The summed E-state index contributed by atoms with van der Waals surface area (Å²) in [4.78, 5) is 138. The summed E-state index contributed by atoms with van der Waals surface area (Å²) in [6, 6.07) is 0. The number of carbonyl (C=O) groups is 12. The van der Waals surface area contributed by atoms with Gasteiger partial charge in [-0.3, -0.25) is 38.4 Å². The summed E-state index contributed by atoms with van der Waals surface area (Å²) < 4.78 is 0. The van der Waals surface area contributed by atoms with Crippen molar-refractivity contribution in [2.45, 2.75) is 184 Å². The first-order valence-electron chi connectivity index (χ1n) is 24.2. The van der Waals surface area contributed by atoms with Gasteiger partial charge in [0.1, 0.15) is 23.9 Å². The van der Waals surface area contributed by atoms with Gasteiger partial charge in [-0.1, -0.05) is 107 Å². The molecule has 0 bridgehead atoms. The molecule has 0 fully saturated rings. The summed E-state index contributed by atoms with van der Waals surface area (Å²) in [6.45, 7) is 20.7. The monoisotopic (exact) mass is 1060 g/mol. The zero-order valence-corrected chi connectivity index (χ0v) is 45.1. The first kappa shape index (κ1) is 73.3. The van der Waals surface area contributed by atoms with Crippen LogP contribution in [0.1, 0.15) is 184 Å². The molecule has 69 heavy (non-hydrogen) atoms. The van der Waals surface area contributed by atoms with Gasteiger partial charge in [-0.15, -0.1) is 0 Å². The van der Waals surface area contributed by atoms with Crippen LogP contribution in [0.3, 0.4) is 0 Å². The van der Waals surface area contributed by atoms with Crippen LogP contribution in [0.25, 0.3) is 0 Å². The zero-order chi connectivity index (χ0) is 53.0. The molecule has 0 atom stereocenters. The molecule has 20 nitrogen and oxygen atoms in total. The third kappa shape index (κ3) is 42.0. The number of carboxylic acids is 4. The van der Waals surface area contributed by atoms with Crippen molar-refractivity contribution in [3.8, 4) is 0 Å². The van der Waals surface area contributed by atoms with Crippen LogP contribution in [0.5, 0.6) is 0 Å². The molecule has 0 unspecified atom stereocenters. The normalized spacial score (nSPS) is 9.86. The molecule has 0 aromatic carbocycles. The van der Waals surface area contributed by atoms with Crippen molar-refractivity contribution in [2.75, 3.05) is 52.4 Å². The summed E-state index contributed by atoms with van der Waals surface area (Å²) in [7, 11) is 0. The number of unbranched alkanes of at least 4 members (excludes halogenated alkanes) is 8. The first-order valence-corrected chi connectivity index (χ1v) is 24.2. The molecule has 392 valence electrons. The molecule has 0 aliphatic carbocycles. The topological polar surface area (TPSA) is 310 Å². The van der Waals surface area contributed by atoms with Crippen molar-refractivity contribution in [1.82, 2.24) is 19.6 Å². The second-order valence-electron chi connectivity index (χ2n) is 15.9. The van der Waals surface area contributed by atoms with E-state index in [4.69, 9.17) is 0 Å². The van der Waals surface area contributed by atoms with Crippen LogP contribution >= 0.6 is 0 Å². The van der Waals surface area contributed by atoms with E-state index in [1.54, 1.807) is 19.6 Å². The summed E-state index contributed by atoms with van der Waals surface area (Å²) in [5.41, 5.74) is 0. The van der Waals surface area contributed by atoms with Gasteiger partial charge in [-0.05, 0) is 51.4 Å². The van der Waals surface area contributed by atoms with E-state index in [0.717, 1.165) is 103 Å². The van der Waals surface area contributed by atoms with Gasteiger partial charge in [0.15, 0.2) is 23.1 Å². The number of rotatable bonds is 36. The Kier molecular flexibility index (Phi) is 51.4. The Hall–Kier alpha value is -4.68. The molecule has 0 aromatic heterocycles. The minimum absolute atomic E-state index is 0. The number of nitrogens with zero attached hydrogens (tertiary/aromatic N) is 4. The smallest absolute Gasteiger partial charge is 0.542 e. The van der Waals surface area contributed by atoms with Gasteiger partial charge >= 0.3 is 26.2 Å². The fourth-order valence-corrected chi connectivity index (χ4v) is 5.52. The Morgan fingerprint density at radius 1 is 0.261 bits per heavy atom. The van der Waals surface area contributed by atoms with Crippen LogP contribution in [-0.2, 0) is 83.7 Å². The number of ketones is 4. The van der Waals surface area contributed by atoms with Crippen molar-refractivity contribution in [3.63, 3.8) is 0 Å². The Morgan fingerprint density at radius 3 is 0.464 bits per heavy atom. The van der Waals surface area contributed by atoms with Gasteiger partial charge in [0.2, 0.25) is 23.6 Å². The van der Waals surface area contributed by atoms with E-state index in [2.05, 4.69) is 0 Å². The number of hydrogen-bond acceptors (Lipinski definition) is 16. The van der Waals surface area contributed by atoms with Gasteiger partial charge < -0.3 is 59.2 Å². The van der Waals surface area contributed by atoms with Crippen molar-refractivity contribution in [2.24, 2.45) is 0 Å². The largest absolute Gasteiger partial charge is 4.00 e. The third-order valence-electron chi connectivity index (χ3n) is 9.82. The van der Waals surface area contributed by atoms with Crippen LogP contribution in [0.2, 0.25) is 0 Å². The first-order chi connectivity index (χ1) is 32.1. The molecule has 0 aromatic rings. The van der Waals surface area contributed by atoms with Crippen molar-refractivity contribution < 1.29 is 104 Å². The van der Waals surface area contributed by atoms with Crippen molar-refractivity contribution >= 4 is 70.6 Å². The van der Waals surface area contributed by atoms with E-state index in [9.17, 15) is 78.0 Å². The predicted octanol–water partition coefficient (Wildman–Crippen LogP) is 0.495. The maximum absolute atomic E-state index is 11.7. The fraction of sp³-hybridized carbons (Fsp3) is 0.750. The summed E-state index contributed by atoms with van der Waals surface area (Å²) in [5.74, 6) is -13.4. The number of carboxylic acid groups (broad SMARTS) is 4. The second-order valence-corrected chi connectivity index (χ2v) is 15.9. The maximum Gasteiger partial charge on any atom is 4.00 e. The number of amides is 4. The Bertz CT molecular complexity index is 1300. The van der Waals surface area contributed by atoms with Gasteiger partial charge in [0, 0.05) is 52.4 Å². The maximum atomic E-state index is 11.7. The minimum atomic E-state index is -1.79. The molecule has 21 heteroatoms. The molecule has 0 N–H and O–H groups in total. The van der Waals surface area contributed by atoms with E-state index in [-0.39, 0.29) is 26.2 Å². The second kappa shape index (κ2) is 48.4. The fourth-order valence-electron chi connectivity index (χ4n) is 5.52. The Labute approximate surface area is 428 Å². The summed E-state index contributed by atoms with van der Waals surface area (Å²) in [6.07, 6.45) is 12.1. The number of carbonyl (C=O) groups excluding carboxylic acids is 12. The van der Waals surface area contributed by atoms with Crippen LogP contribution in [-0.4, -0.2) is 143 Å². The molecular formula is C48H80N4O16Zr. The van der Waals surface area contributed by atoms with Crippen LogP contribution < -0.4 is 20.4 Å². The summed E-state index contributed by atoms with van der Waals surface area (Å²) in [5, 5.41) is 41.0. The molecule has 0 saturated heterocycles. The number of hydrogen-bond donors (Lipinski definition) is 0. The van der Waals surface area contributed by atoms with Gasteiger partial charge in [0.05, 0.1) is 25.7 Å². The molecule has 0 rings (SSSR count). The average Bonchev–Trinajstić information content (AvgIpc) is 3.29. The van der Waals surface area contributed by atoms with Crippen molar-refractivity contribution in [3.05, 3.63) is 0 Å². The Balaban J connectivity index is -0.000000263. The molecule has 0 aliphatic heterocycles. The van der Waals surface area contributed by atoms with Crippen LogP contribution in [0.4, 0.5) is 0 Å². The Morgan fingerprint density at radius 2 is 0.377 bits per heavy atom. The molecule has 0 spiro atoms. The average molecular weight is 1060 g/mol. The van der Waals surface area contributed by atoms with Crippen LogP contribution in [0.15, 0.2) is 0 Å². The van der Waals surface area contributed by atoms with E-state index >= 15 is 0 Å². The third-order valence-corrected chi connectivity index (χ3v) is 9.82. The number of aliphatic carboxylic acids is 4. The number of Topliss-reactive ketones (excluding diaryl/α,β-unsaturated/α-hetero) is 4. The molecule has 0 saturated carbocycles. The minimum Gasteiger partial charge on any atom is -0.542 e. The quantitative estimate of drug-likeness (QED) is 0.0609. The SMILES string of the molecule is CCCCN(CCCC)C(=O)CC(=O)C(=O)[O-].CCCCN(CCCC)C(=O)CC(=O)C(=O)[O-].CCCCN(CCCC)C(=O)CC(=O)C(=O)[O-].CCCCN(CCCC)C(=O)CC(=O)C(=O)[O-].[Zr+4]. The molecule has 4 amide bonds. The van der Waals surface area contributed by atoms with Gasteiger partial charge in [-0.2, -0.15) is 0 Å². The standard InChI is InChI=1S/4C12H21NO4.Zr/c4*1-3-5-7-13(8-6-4-2)11(15)9-10(14)12(16)17;/h4*3-9H2,1-2H3,(H,16,17);/q;;;;+4/p-4. The van der Waals surface area contributed by atoms with E-state index in [1.807, 2.05) is 55.4 Å². The van der Waals surface area contributed by atoms with Gasteiger partial charge in [0.25, 0.3) is 0 Å². The van der Waals surface area contributed by atoms with E-state index in [1.165, 1.54) is 0 Å². The zero-order valence-electron chi connectivity index (χ0n) is 42.6. The molecule has 0 heterocycles. The predicted molar refractivity (Wildman–Crippen MR) is 244 cm³/mol. The molecule has 0 radical (unpaired) electrons. The van der Waals surface area contributed by atoms with Crippen molar-refractivity contribution in [1.29, 1.82) is 0 Å². The van der Waals surface area contributed by atoms with Gasteiger partial charge in [-0.25, -0.2) is 0 Å². The van der Waals surface area contributed by atoms with E-state index < -0.39 is 96.3 Å². The van der Waals surface area contributed by atoms with Crippen LogP contribution in [0, 0.1) is 0 Å². The molecular weight excluding hydrogens is 980 g/mol. The molecule has 0 aliphatic rings.